The van der Waals surface area contributed by atoms with Crippen LogP contribution in [0.15, 0.2) is 0 Å². The average molecular weight is 360 g/mol. The molecule has 0 radical (unpaired) electrons. The second-order valence-electron chi connectivity index (χ2n) is 5.88. The molecule has 1 N–H and O–H groups in total. The highest BCUT2D eigenvalue weighted by Crippen LogP contribution is 2.15. The lowest BCUT2D eigenvalue weighted by Crippen LogP contribution is -2.50. The number of amides is 1. The van der Waals surface area contributed by atoms with Crippen LogP contribution in [0.25, 0.3) is 0 Å². The molecule has 23 heavy (non-hydrogen) atoms. The van der Waals surface area contributed by atoms with Gasteiger partial charge in [-0.3, -0.25) is 9.69 Å². The molecule has 5 nitrogen and oxygen atoms in total. The number of piperazine rings is 1. The lowest BCUT2D eigenvalue weighted by molar-refractivity contribution is -0.174. The lowest BCUT2D eigenvalue weighted by atomic mass is 10.1. The zero-order chi connectivity index (χ0) is 16.0. The highest BCUT2D eigenvalue weighted by atomic mass is 35.5. The van der Waals surface area contributed by atoms with Crippen LogP contribution in [0, 0.1) is 5.92 Å². The molecule has 0 aromatic carbocycles. The van der Waals surface area contributed by atoms with Crippen molar-refractivity contribution in [3.05, 3.63) is 0 Å². The SMILES string of the molecule is Cl.O=C(C1CCNC1)N1CCN(CCCOCC(F)(F)F)CC1. The molecule has 1 atom stereocenters. The fourth-order valence-electron chi connectivity index (χ4n) is 2.89. The molecule has 2 rings (SSSR count). The predicted molar refractivity (Wildman–Crippen MR) is 82.7 cm³/mol. The first-order chi connectivity index (χ1) is 10.5. The van der Waals surface area contributed by atoms with Crippen molar-refractivity contribution in [1.29, 1.82) is 0 Å². The van der Waals surface area contributed by atoms with E-state index >= 15 is 0 Å². The summed E-state index contributed by atoms with van der Waals surface area (Å²) in [5.74, 6) is 0.348. The van der Waals surface area contributed by atoms with Crippen LogP contribution in [0.5, 0.6) is 0 Å². The summed E-state index contributed by atoms with van der Waals surface area (Å²) in [5.41, 5.74) is 0. The van der Waals surface area contributed by atoms with Crippen molar-refractivity contribution in [1.82, 2.24) is 15.1 Å². The zero-order valence-corrected chi connectivity index (χ0v) is 13.9. The Labute approximate surface area is 140 Å². The summed E-state index contributed by atoms with van der Waals surface area (Å²) in [5, 5.41) is 3.20. The number of halogens is 4. The third-order valence-corrected chi connectivity index (χ3v) is 4.12. The molecule has 0 spiro atoms. The first kappa shape index (κ1) is 20.5. The summed E-state index contributed by atoms with van der Waals surface area (Å²) in [4.78, 5) is 16.3. The van der Waals surface area contributed by atoms with Gasteiger partial charge in [-0.1, -0.05) is 0 Å². The van der Waals surface area contributed by atoms with Gasteiger partial charge in [0.1, 0.15) is 6.61 Å². The molecule has 2 fully saturated rings. The van der Waals surface area contributed by atoms with E-state index in [4.69, 9.17) is 0 Å². The van der Waals surface area contributed by atoms with E-state index in [2.05, 4.69) is 15.0 Å². The summed E-state index contributed by atoms with van der Waals surface area (Å²) in [7, 11) is 0. The van der Waals surface area contributed by atoms with Gasteiger partial charge in [0.25, 0.3) is 0 Å². The van der Waals surface area contributed by atoms with E-state index in [9.17, 15) is 18.0 Å². The van der Waals surface area contributed by atoms with Crippen LogP contribution in [-0.4, -0.2) is 80.9 Å². The predicted octanol–water partition coefficient (Wildman–Crippen LogP) is 1.13. The van der Waals surface area contributed by atoms with Gasteiger partial charge in [0.15, 0.2) is 0 Å². The molecule has 2 heterocycles. The van der Waals surface area contributed by atoms with Crippen molar-refractivity contribution < 1.29 is 22.7 Å². The normalized spacial score (nSPS) is 22.9. The van der Waals surface area contributed by atoms with Gasteiger partial charge < -0.3 is 15.0 Å². The highest BCUT2D eigenvalue weighted by Gasteiger charge is 2.29. The van der Waals surface area contributed by atoms with Gasteiger partial charge in [-0.25, -0.2) is 0 Å². The van der Waals surface area contributed by atoms with E-state index in [-0.39, 0.29) is 30.8 Å². The van der Waals surface area contributed by atoms with Crippen molar-refractivity contribution in [2.45, 2.75) is 19.0 Å². The summed E-state index contributed by atoms with van der Waals surface area (Å²) in [6.07, 6.45) is -2.76. The van der Waals surface area contributed by atoms with Crippen molar-refractivity contribution >= 4 is 18.3 Å². The van der Waals surface area contributed by atoms with Crippen LogP contribution >= 0.6 is 12.4 Å². The van der Waals surface area contributed by atoms with Crippen LogP contribution in [0.4, 0.5) is 13.2 Å². The van der Waals surface area contributed by atoms with Crippen LogP contribution in [0.3, 0.4) is 0 Å². The monoisotopic (exact) mass is 359 g/mol. The molecule has 0 saturated carbocycles. The minimum absolute atomic E-state index is 0. The third kappa shape index (κ3) is 7.24. The van der Waals surface area contributed by atoms with E-state index in [0.29, 0.717) is 26.1 Å². The summed E-state index contributed by atoms with van der Waals surface area (Å²) >= 11 is 0. The molecule has 0 aliphatic carbocycles. The second kappa shape index (κ2) is 9.66. The zero-order valence-electron chi connectivity index (χ0n) is 13.1. The standard InChI is InChI=1S/C14H24F3N3O2.ClH/c15-14(16,17)11-22-9-1-4-19-5-7-20(8-6-19)13(21)12-2-3-18-10-12;/h12,18H,1-11H2;1H. The van der Waals surface area contributed by atoms with Gasteiger partial charge in [-0.2, -0.15) is 13.2 Å². The third-order valence-electron chi connectivity index (χ3n) is 4.12. The van der Waals surface area contributed by atoms with E-state index in [1.807, 2.05) is 4.90 Å². The van der Waals surface area contributed by atoms with Gasteiger partial charge in [0, 0.05) is 45.9 Å². The van der Waals surface area contributed by atoms with Crippen molar-refractivity contribution in [2.75, 3.05) is 59.0 Å². The van der Waals surface area contributed by atoms with Gasteiger partial charge >= 0.3 is 6.18 Å². The number of carbonyl (C=O) groups excluding carboxylic acids is 1. The first-order valence-corrected chi connectivity index (χ1v) is 7.82. The maximum absolute atomic E-state index is 12.2. The van der Waals surface area contributed by atoms with Gasteiger partial charge in [0.05, 0.1) is 5.92 Å². The minimum atomic E-state index is -4.25. The molecule has 2 aliphatic heterocycles. The molecule has 0 bridgehead atoms. The maximum atomic E-state index is 12.2. The molecule has 0 aromatic heterocycles. The van der Waals surface area contributed by atoms with Crippen LogP contribution in [-0.2, 0) is 9.53 Å². The number of nitrogens with zero attached hydrogens (tertiary/aromatic N) is 2. The van der Waals surface area contributed by atoms with Gasteiger partial charge in [0.2, 0.25) is 5.91 Å². The largest absolute Gasteiger partial charge is 0.411 e. The summed E-state index contributed by atoms with van der Waals surface area (Å²) in [6.45, 7) is 4.32. The fraction of sp³-hybridized carbons (Fsp3) is 0.929. The number of nitrogens with one attached hydrogen (secondary N) is 1. The van der Waals surface area contributed by atoms with Crippen LogP contribution in [0.1, 0.15) is 12.8 Å². The number of rotatable bonds is 6. The summed E-state index contributed by atoms with van der Waals surface area (Å²) in [6, 6.07) is 0. The van der Waals surface area contributed by atoms with Crippen LogP contribution in [0.2, 0.25) is 0 Å². The molecule has 1 amide bonds. The van der Waals surface area contributed by atoms with E-state index < -0.39 is 12.8 Å². The highest BCUT2D eigenvalue weighted by molar-refractivity contribution is 5.85. The Balaban J connectivity index is 0.00000264. The van der Waals surface area contributed by atoms with E-state index in [1.165, 1.54) is 0 Å². The Morgan fingerprint density at radius 2 is 1.91 bits per heavy atom. The fourth-order valence-corrected chi connectivity index (χ4v) is 2.89. The Hall–Kier alpha value is -0.570. The Morgan fingerprint density at radius 1 is 1.22 bits per heavy atom. The Kier molecular flexibility index (Phi) is 8.60. The van der Waals surface area contributed by atoms with Gasteiger partial charge in [-0.15, -0.1) is 12.4 Å². The molecule has 1 unspecified atom stereocenters. The number of ether oxygens (including phenoxy) is 1. The topological polar surface area (TPSA) is 44.8 Å². The molecule has 0 aromatic rings. The number of hydrogen-bond donors (Lipinski definition) is 1. The maximum Gasteiger partial charge on any atom is 0.411 e. The molecule has 136 valence electrons. The average Bonchev–Trinajstić information content (AvgIpc) is 3.00. The Morgan fingerprint density at radius 3 is 2.48 bits per heavy atom. The number of hydrogen-bond acceptors (Lipinski definition) is 4. The van der Waals surface area contributed by atoms with E-state index in [0.717, 1.165) is 32.6 Å². The second-order valence-corrected chi connectivity index (χ2v) is 5.88. The number of alkyl halides is 3. The smallest absolute Gasteiger partial charge is 0.372 e. The number of carbonyl (C=O) groups is 1. The minimum Gasteiger partial charge on any atom is -0.372 e. The molecular weight excluding hydrogens is 335 g/mol. The van der Waals surface area contributed by atoms with Crippen molar-refractivity contribution in [3.8, 4) is 0 Å². The van der Waals surface area contributed by atoms with Crippen molar-refractivity contribution in [2.24, 2.45) is 5.92 Å². The summed E-state index contributed by atoms with van der Waals surface area (Å²) < 4.78 is 40.3. The molecule has 9 heteroatoms. The van der Waals surface area contributed by atoms with Crippen molar-refractivity contribution in [3.63, 3.8) is 0 Å². The lowest BCUT2D eigenvalue weighted by Gasteiger charge is -2.35. The molecule has 2 saturated heterocycles. The quantitative estimate of drug-likeness (QED) is 0.722. The molecule has 2 aliphatic rings. The van der Waals surface area contributed by atoms with Crippen LogP contribution < -0.4 is 5.32 Å². The Bertz CT molecular complexity index is 358. The van der Waals surface area contributed by atoms with E-state index in [1.54, 1.807) is 0 Å². The molecular formula is C14H25ClF3N3O2. The first-order valence-electron chi connectivity index (χ1n) is 7.82. The van der Waals surface area contributed by atoms with Gasteiger partial charge in [-0.05, 0) is 19.4 Å².